The maximum atomic E-state index is 12.5. The van der Waals surface area contributed by atoms with Gasteiger partial charge in [-0.15, -0.1) is 11.3 Å². The van der Waals surface area contributed by atoms with Crippen molar-refractivity contribution in [3.8, 4) is 0 Å². The molecule has 1 aliphatic carbocycles. The molecule has 2 heterocycles. The van der Waals surface area contributed by atoms with Crippen LogP contribution >= 0.6 is 11.3 Å². The highest BCUT2D eigenvalue weighted by Gasteiger charge is 2.30. The molecule has 1 aliphatic heterocycles. The lowest BCUT2D eigenvalue weighted by Crippen LogP contribution is -2.48. The van der Waals surface area contributed by atoms with Crippen LogP contribution in [0.5, 0.6) is 0 Å². The SMILES string of the molecule is CC1CCCCC1NC(=O)C1CCN(C(=O)Nc2cccs2)CC1. The van der Waals surface area contributed by atoms with Crippen LogP contribution in [0, 0.1) is 11.8 Å². The maximum absolute atomic E-state index is 12.5. The van der Waals surface area contributed by atoms with Crippen molar-refractivity contribution in [3.63, 3.8) is 0 Å². The monoisotopic (exact) mass is 349 g/mol. The number of piperidine rings is 1. The summed E-state index contributed by atoms with van der Waals surface area (Å²) >= 11 is 1.52. The second-order valence-electron chi connectivity index (χ2n) is 7.05. The number of rotatable bonds is 3. The summed E-state index contributed by atoms with van der Waals surface area (Å²) in [7, 11) is 0. The molecule has 1 saturated heterocycles. The van der Waals surface area contributed by atoms with Gasteiger partial charge in [0.25, 0.3) is 0 Å². The molecule has 132 valence electrons. The molecule has 24 heavy (non-hydrogen) atoms. The van der Waals surface area contributed by atoms with E-state index in [2.05, 4.69) is 17.6 Å². The first-order chi connectivity index (χ1) is 11.6. The topological polar surface area (TPSA) is 61.4 Å². The lowest BCUT2D eigenvalue weighted by molar-refractivity contribution is -0.127. The molecule has 2 fully saturated rings. The van der Waals surface area contributed by atoms with Crippen LogP contribution in [0.2, 0.25) is 0 Å². The van der Waals surface area contributed by atoms with Gasteiger partial charge >= 0.3 is 6.03 Å². The molecular weight excluding hydrogens is 322 g/mol. The van der Waals surface area contributed by atoms with Gasteiger partial charge in [-0.3, -0.25) is 10.1 Å². The van der Waals surface area contributed by atoms with E-state index < -0.39 is 0 Å². The summed E-state index contributed by atoms with van der Waals surface area (Å²) in [6.45, 7) is 3.53. The number of likely N-dealkylation sites (tertiary alicyclic amines) is 1. The quantitative estimate of drug-likeness (QED) is 0.874. The van der Waals surface area contributed by atoms with Crippen molar-refractivity contribution in [2.75, 3.05) is 18.4 Å². The Morgan fingerprint density at radius 2 is 1.92 bits per heavy atom. The summed E-state index contributed by atoms with van der Waals surface area (Å²) in [5.41, 5.74) is 0. The summed E-state index contributed by atoms with van der Waals surface area (Å²) in [6.07, 6.45) is 6.33. The van der Waals surface area contributed by atoms with Crippen LogP contribution < -0.4 is 10.6 Å². The molecule has 0 spiro atoms. The molecule has 0 radical (unpaired) electrons. The Labute approximate surface area is 147 Å². The molecule has 2 unspecified atom stereocenters. The lowest BCUT2D eigenvalue weighted by atomic mass is 9.85. The van der Waals surface area contributed by atoms with Gasteiger partial charge in [0, 0.05) is 25.0 Å². The third kappa shape index (κ3) is 4.29. The van der Waals surface area contributed by atoms with Gasteiger partial charge in [-0.2, -0.15) is 0 Å². The first-order valence-electron chi connectivity index (χ1n) is 9.03. The zero-order chi connectivity index (χ0) is 16.9. The van der Waals surface area contributed by atoms with E-state index in [-0.39, 0.29) is 17.9 Å². The van der Waals surface area contributed by atoms with Crippen molar-refractivity contribution < 1.29 is 9.59 Å². The number of carbonyl (C=O) groups excluding carboxylic acids is 2. The van der Waals surface area contributed by atoms with Gasteiger partial charge in [0.05, 0.1) is 5.00 Å². The Morgan fingerprint density at radius 1 is 1.17 bits per heavy atom. The molecule has 3 amide bonds. The summed E-state index contributed by atoms with van der Waals surface area (Å²) < 4.78 is 0. The molecule has 1 aromatic rings. The van der Waals surface area contributed by atoms with Crippen molar-refractivity contribution in [2.24, 2.45) is 11.8 Å². The van der Waals surface area contributed by atoms with E-state index in [4.69, 9.17) is 0 Å². The minimum Gasteiger partial charge on any atom is -0.353 e. The fraction of sp³-hybridized carbons (Fsp3) is 0.667. The molecule has 2 N–H and O–H groups in total. The summed E-state index contributed by atoms with van der Waals surface area (Å²) in [6, 6.07) is 4.10. The first-order valence-corrected chi connectivity index (χ1v) is 9.91. The van der Waals surface area contributed by atoms with Crippen LogP contribution in [0.3, 0.4) is 0 Å². The van der Waals surface area contributed by atoms with Crippen LogP contribution in [-0.4, -0.2) is 36.0 Å². The molecular formula is C18H27N3O2S. The highest BCUT2D eigenvalue weighted by Crippen LogP contribution is 2.25. The fourth-order valence-electron chi connectivity index (χ4n) is 3.71. The van der Waals surface area contributed by atoms with Crippen molar-refractivity contribution in [1.82, 2.24) is 10.2 Å². The van der Waals surface area contributed by atoms with Crippen LogP contribution in [0.15, 0.2) is 17.5 Å². The minimum absolute atomic E-state index is 0.0462. The average Bonchev–Trinajstić information content (AvgIpc) is 3.10. The van der Waals surface area contributed by atoms with E-state index >= 15 is 0 Å². The molecule has 2 aliphatic rings. The molecule has 0 bridgehead atoms. The number of anilines is 1. The summed E-state index contributed by atoms with van der Waals surface area (Å²) in [5.74, 6) is 0.816. The highest BCUT2D eigenvalue weighted by atomic mass is 32.1. The van der Waals surface area contributed by atoms with Gasteiger partial charge in [-0.05, 0) is 49.1 Å². The lowest BCUT2D eigenvalue weighted by Gasteiger charge is -2.34. The molecule has 0 aromatic carbocycles. The highest BCUT2D eigenvalue weighted by molar-refractivity contribution is 7.14. The van der Waals surface area contributed by atoms with E-state index in [9.17, 15) is 9.59 Å². The number of nitrogens with zero attached hydrogens (tertiary/aromatic N) is 1. The summed E-state index contributed by atoms with van der Waals surface area (Å²) in [4.78, 5) is 26.6. The standard InChI is InChI=1S/C18H27N3O2S/c1-13-5-2-3-6-15(13)19-17(22)14-8-10-21(11-9-14)18(23)20-16-7-4-12-24-16/h4,7,12-15H,2-3,5-6,8-11H2,1H3,(H,19,22)(H,20,23). The second kappa shape index (κ2) is 8.01. The molecule has 2 atom stereocenters. The predicted molar refractivity (Wildman–Crippen MR) is 97.2 cm³/mol. The van der Waals surface area contributed by atoms with Crippen LogP contribution in [-0.2, 0) is 4.79 Å². The number of carbonyl (C=O) groups is 2. The zero-order valence-corrected chi connectivity index (χ0v) is 15.1. The largest absolute Gasteiger partial charge is 0.353 e. The van der Waals surface area contributed by atoms with E-state index in [1.54, 1.807) is 0 Å². The van der Waals surface area contributed by atoms with E-state index in [0.29, 0.717) is 25.0 Å². The number of amides is 3. The molecule has 1 aromatic heterocycles. The third-order valence-corrected chi connectivity index (χ3v) is 6.13. The van der Waals surface area contributed by atoms with Gasteiger partial charge < -0.3 is 10.2 Å². The van der Waals surface area contributed by atoms with Crippen LogP contribution in [0.4, 0.5) is 9.80 Å². The van der Waals surface area contributed by atoms with Gasteiger partial charge in [0.1, 0.15) is 0 Å². The number of hydrogen-bond donors (Lipinski definition) is 2. The van der Waals surface area contributed by atoms with E-state index in [1.165, 1.54) is 30.6 Å². The molecule has 6 heteroatoms. The van der Waals surface area contributed by atoms with Gasteiger partial charge in [-0.1, -0.05) is 19.8 Å². The average molecular weight is 350 g/mol. The Hall–Kier alpha value is -1.56. The third-order valence-electron chi connectivity index (χ3n) is 5.34. The predicted octanol–water partition coefficient (Wildman–Crippen LogP) is 3.69. The number of urea groups is 1. The van der Waals surface area contributed by atoms with Crippen LogP contribution in [0.25, 0.3) is 0 Å². The van der Waals surface area contributed by atoms with Crippen LogP contribution in [0.1, 0.15) is 45.4 Å². The van der Waals surface area contributed by atoms with E-state index in [0.717, 1.165) is 24.3 Å². The number of hydrogen-bond acceptors (Lipinski definition) is 3. The van der Waals surface area contributed by atoms with Gasteiger partial charge in [-0.25, -0.2) is 4.79 Å². The van der Waals surface area contributed by atoms with Gasteiger partial charge in [0.2, 0.25) is 5.91 Å². The summed E-state index contributed by atoms with van der Waals surface area (Å²) in [5, 5.41) is 8.98. The minimum atomic E-state index is -0.0581. The number of thiophene rings is 1. The van der Waals surface area contributed by atoms with Crippen molar-refractivity contribution in [1.29, 1.82) is 0 Å². The molecule has 1 saturated carbocycles. The smallest absolute Gasteiger partial charge is 0.322 e. The Balaban J connectivity index is 1.44. The maximum Gasteiger partial charge on any atom is 0.322 e. The Morgan fingerprint density at radius 3 is 2.58 bits per heavy atom. The van der Waals surface area contributed by atoms with Crippen molar-refractivity contribution >= 4 is 28.3 Å². The number of nitrogens with one attached hydrogen (secondary N) is 2. The second-order valence-corrected chi connectivity index (χ2v) is 7.99. The van der Waals surface area contributed by atoms with Crippen molar-refractivity contribution in [2.45, 2.75) is 51.5 Å². The Bertz CT molecular complexity index is 553. The van der Waals surface area contributed by atoms with E-state index in [1.807, 2.05) is 22.4 Å². The first kappa shape index (κ1) is 17.3. The fourth-order valence-corrected chi connectivity index (χ4v) is 4.32. The normalized spacial score (nSPS) is 25.3. The Kier molecular flexibility index (Phi) is 5.76. The zero-order valence-electron chi connectivity index (χ0n) is 14.3. The van der Waals surface area contributed by atoms with Gasteiger partial charge in [0.15, 0.2) is 0 Å². The molecule has 5 nitrogen and oxygen atoms in total. The molecule has 3 rings (SSSR count). The van der Waals surface area contributed by atoms with Crippen molar-refractivity contribution in [3.05, 3.63) is 17.5 Å².